The minimum atomic E-state index is -0.916. The summed E-state index contributed by atoms with van der Waals surface area (Å²) < 4.78 is 0. The Kier molecular flexibility index (Phi) is 4.83. The highest BCUT2D eigenvalue weighted by Gasteiger charge is 2.10. The maximum absolute atomic E-state index is 11.7. The zero-order chi connectivity index (χ0) is 12.1. The van der Waals surface area contributed by atoms with Crippen molar-refractivity contribution >= 4 is 35.1 Å². The van der Waals surface area contributed by atoms with E-state index in [1.165, 1.54) is 0 Å². The number of rotatable bonds is 5. The Morgan fingerprint density at radius 2 is 2.06 bits per heavy atom. The Balaban J connectivity index is 2.65. The maximum atomic E-state index is 11.7. The van der Waals surface area contributed by atoms with Crippen LogP contribution in [0.3, 0.4) is 0 Å². The van der Waals surface area contributed by atoms with Gasteiger partial charge in [0.05, 0.1) is 11.5 Å². The largest absolute Gasteiger partial charge is 0.481 e. The number of halogens is 1. The number of carboxylic acids is 1. The van der Waals surface area contributed by atoms with Crippen molar-refractivity contribution < 1.29 is 14.7 Å². The molecule has 0 saturated heterocycles. The molecule has 5 heteroatoms. The number of hydrogen-bond donors (Lipinski definition) is 1. The molecule has 0 aliphatic heterocycles. The van der Waals surface area contributed by atoms with E-state index in [9.17, 15) is 9.59 Å². The molecule has 0 bridgehead atoms. The molecule has 0 amide bonds. The third kappa shape index (κ3) is 3.87. The summed E-state index contributed by atoms with van der Waals surface area (Å²) in [5.74, 6) is -0.911. The third-order valence-corrected chi connectivity index (χ3v) is 3.11. The minimum Gasteiger partial charge on any atom is -0.481 e. The molecule has 1 aromatic rings. The first kappa shape index (κ1) is 13.1. The number of carboxylic acid groups (broad SMARTS) is 1. The van der Waals surface area contributed by atoms with Crippen LogP contribution in [-0.2, 0) is 4.79 Å². The van der Waals surface area contributed by atoms with Gasteiger partial charge in [-0.25, -0.2) is 0 Å². The number of hydrogen-bond acceptors (Lipinski definition) is 3. The molecule has 1 N–H and O–H groups in total. The van der Waals surface area contributed by atoms with Gasteiger partial charge in [0, 0.05) is 10.6 Å². The fraction of sp³-hybridized carbons (Fsp3) is 0.273. The summed E-state index contributed by atoms with van der Waals surface area (Å²) in [6.07, 6.45) is 0. The lowest BCUT2D eigenvalue weighted by Crippen LogP contribution is -2.07. The molecule has 0 aliphatic carbocycles. The van der Waals surface area contributed by atoms with Crippen LogP contribution in [0.25, 0.3) is 0 Å². The van der Waals surface area contributed by atoms with E-state index >= 15 is 0 Å². The van der Waals surface area contributed by atoms with Gasteiger partial charge < -0.3 is 5.11 Å². The van der Waals surface area contributed by atoms with E-state index in [2.05, 4.69) is 0 Å². The van der Waals surface area contributed by atoms with E-state index in [0.717, 1.165) is 17.3 Å². The Bertz CT molecular complexity index is 418. The van der Waals surface area contributed by atoms with E-state index in [1.807, 2.05) is 6.92 Å². The van der Waals surface area contributed by atoms with Gasteiger partial charge >= 0.3 is 5.97 Å². The van der Waals surface area contributed by atoms with E-state index in [-0.39, 0.29) is 17.3 Å². The lowest BCUT2D eigenvalue weighted by Gasteiger charge is -2.04. The van der Waals surface area contributed by atoms with Crippen LogP contribution in [0.5, 0.6) is 0 Å². The van der Waals surface area contributed by atoms with E-state index in [4.69, 9.17) is 16.7 Å². The van der Waals surface area contributed by atoms with Crippen LogP contribution in [0, 0.1) is 6.92 Å². The van der Waals surface area contributed by atoms with Crippen molar-refractivity contribution in [3.05, 3.63) is 34.3 Å². The predicted molar refractivity (Wildman–Crippen MR) is 65.5 cm³/mol. The average Bonchev–Trinajstić information content (AvgIpc) is 2.21. The van der Waals surface area contributed by atoms with Gasteiger partial charge in [-0.1, -0.05) is 17.7 Å². The molecule has 0 atom stereocenters. The van der Waals surface area contributed by atoms with Crippen molar-refractivity contribution in [2.45, 2.75) is 6.92 Å². The van der Waals surface area contributed by atoms with Crippen LogP contribution in [-0.4, -0.2) is 28.4 Å². The molecule has 0 aliphatic rings. The summed E-state index contributed by atoms with van der Waals surface area (Å²) in [5, 5.41) is 8.95. The normalized spacial score (nSPS) is 10.1. The van der Waals surface area contributed by atoms with Crippen LogP contribution < -0.4 is 0 Å². The molecule has 3 nitrogen and oxygen atoms in total. The van der Waals surface area contributed by atoms with Gasteiger partial charge in [0.25, 0.3) is 0 Å². The second-order valence-corrected chi connectivity index (χ2v) is 4.69. The predicted octanol–water partition coefficient (Wildman–Crippen LogP) is 2.65. The molecular formula is C11H11ClO3S. The fourth-order valence-corrected chi connectivity index (χ4v) is 1.99. The lowest BCUT2D eigenvalue weighted by atomic mass is 10.1. The second kappa shape index (κ2) is 5.92. The van der Waals surface area contributed by atoms with Crippen LogP contribution in [0.1, 0.15) is 15.9 Å². The van der Waals surface area contributed by atoms with Crippen LogP contribution >= 0.6 is 23.4 Å². The number of carbonyl (C=O) groups is 2. The summed E-state index contributed by atoms with van der Waals surface area (Å²) in [5.41, 5.74) is 1.41. The summed E-state index contributed by atoms with van der Waals surface area (Å²) >= 11 is 6.88. The van der Waals surface area contributed by atoms with Gasteiger partial charge in [-0.15, -0.1) is 11.8 Å². The van der Waals surface area contributed by atoms with E-state index in [1.54, 1.807) is 18.2 Å². The highest BCUT2D eigenvalue weighted by Crippen LogP contribution is 2.17. The van der Waals surface area contributed by atoms with Crippen molar-refractivity contribution in [3.8, 4) is 0 Å². The van der Waals surface area contributed by atoms with Crippen molar-refractivity contribution in [1.29, 1.82) is 0 Å². The number of thioether (sulfide) groups is 1. The zero-order valence-corrected chi connectivity index (χ0v) is 10.3. The van der Waals surface area contributed by atoms with Crippen LogP contribution in [0.15, 0.2) is 18.2 Å². The number of benzene rings is 1. The van der Waals surface area contributed by atoms with E-state index in [0.29, 0.717) is 10.6 Å². The standard InChI is InChI=1S/C11H11ClO3S/c1-7-2-3-8(12)4-9(7)10(13)5-16-6-11(14)15/h2-4H,5-6H2,1H3,(H,14,15). The van der Waals surface area contributed by atoms with Gasteiger partial charge in [0.1, 0.15) is 0 Å². The molecule has 0 spiro atoms. The van der Waals surface area contributed by atoms with Crippen molar-refractivity contribution in [2.75, 3.05) is 11.5 Å². The maximum Gasteiger partial charge on any atom is 0.313 e. The lowest BCUT2D eigenvalue weighted by molar-refractivity contribution is -0.133. The van der Waals surface area contributed by atoms with Crippen molar-refractivity contribution in [3.63, 3.8) is 0 Å². The number of ketones is 1. The Morgan fingerprint density at radius 1 is 1.38 bits per heavy atom. The first-order chi connectivity index (χ1) is 7.50. The molecule has 0 aromatic heterocycles. The number of aliphatic carboxylic acids is 1. The Morgan fingerprint density at radius 3 is 2.69 bits per heavy atom. The molecule has 0 unspecified atom stereocenters. The number of aryl methyl sites for hydroxylation is 1. The first-order valence-corrected chi connectivity index (χ1v) is 6.13. The van der Waals surface area contributed by atoms with Gasteiger partial charge in [-0.2, -0.15) is 0 Å². The molecule has 0 saturated carbocycles. The van der Waals surface area contributed by atoms with Gasteiger partial charge in [-0.3, -0.25) is 9.59 Å². The first-order valence-electron chi connectivity index (χ1n) is 4.59. The number of Topliss-reactive ketones (excluding diaryl/α,β-unsaturated/α-hetero) is 1. The quantitative estimate of drug-likeness (QED) is 0.825. The molecule has 86 valence electrons. The summed E-state index contributed by atoms with van der Waals surface area (Å²) in [4.78, 5) is 22.0. The monoisotopic (exact) mass is 258 g/mol. The van der Waals surface area contributed by atoms with Gasteiger partial charge in [0.2, 0.25) is 0 Å². The smallest absolute Gasteiger partial charge is 0.313 e. The molecule has 16 heavy (non-hydrogen) atoms. The third-order valence-electron chi connectivity index (χ3n) is 1.96. The number of carbonyl (C=O) groups excluding carboxylic acids is 1. The van der Waals surface area contributed by atoms with Crippen molar-refractivity contribution in [2.24, 2.45) is 0 Å². The summed E-state index contributed by atoms with van der Waals surface area (Å²) in [6.45, 7) is 1.82. The van der Waals surface area contributed by atoms with Gasteiger partial charge in [0.15, 0.2) is 5.78 Å². The zero-order valence-electron chi connectivity index (χ0n) is 8.70. The highest BCUT2D eigenvalue weighted by atomic mass is 35.5. The van der Waals surface area contributed by atoms with Gasteiger partial charge in [-0.05, 0) is 24.6 Å². The molecule has 1 aromatic carbocycles. The van der Waals surface area contributed by atoms with Crippen LogP contribution in [0.2, 0.25) is 5.02 Å². The van der Waals surface area contributed by atoms with E-state index < -0.39 is 5.97 Å². The molecule has 0 radical (unpaired) electrons. The molecule has 1 rings (SSSR count). The highest BCUT2D eigenvalue weighted by molar-refractivity contribution is 8.00. The Labute approximate surface area is 103 Å². The van der Waals surface area contributed by atoms with Crippen LogP contribution in [0.4, 0.5) is 0 Å². The van der Waals surface area contributed by atoms with Crippen molar-refractivity contribution in [1.82, 2.24) is 0 Å². The molecule has 0 heterocycles. The molecular weight excluding hydrogens is 248 g/mol. The average molecular weight is 259 g/mol. The minimum absolute atomic E-state index is 0.0641. The second-order valence-electron chi connectivity index (χ2n) is 3.27. The molecule has 0 fully saturated rings. The summed E-state index contributed by atoms with van der Waals surface area (Å²) in [6, 6.07) is 5.11. The summed E-state index contributed by atoms with van der Waals surface area (Å²) in [7, 11) is 0. The topological polar surface area (TPSA) is 54.4 Å². The Hall–Kier alpha value is -1.00. The SMILES string of the molecule is Cc1ccc(Cl)cc1C(=O)CSCC(=O)O. The fourth-order valence-electron chi connectivity index (χ4n) is 1.20.